The van der Waals surface area contributed by atoms with Crippen molar-refractivity contribution < 1.29 is 4.79 Å². The molecule has 0 amide bonds. The van der Waals surface area contributed by atoms with Crippen molar-refractivity contribution >= 4 is 22.3 Å². The number of benzene rings is 2. The molecule has 104 valence electrons. The molecule has 0 fully saturated rings. The smallest absolute Gasteiger partial charge is 0.193 e. The van der Waals surface area contributed by atoms with Crippen LogP contribution in [0.25, 0.3) is 0 Å². The van der Waals surface area contributed by atoms with E-state index in [1.165, 1.54) is 11.5 Å². The van der Waals surface area contributed by atoms with Gasteiger partial charge in [0.1, 0.15) is 5.00 Å². The van der Waals surface area contributed by atoms with Gasteiger partial charge < -0.3 is 5.73 Å². The van der Waals surface area contributed by atoms with Crippen molar-refractivity contribution in [3.8, 4) is 0 Å². The van der Waals surface area contributed by atoms with Crippen molar-refractivity contribution in [2.75, 3.05) is 5.73 Å². The number of hydrogen-bond donors (Lipinski definition) is 1. The minimum atomic E-state index is 0.160. The molecular formula is C17H14N2OS. The lowest BCUT2D eigenvalue weighted by Crippen LogP contribution is -2.14. The molecule has 1 aromatic heterocycles. The Balaban J connectivity index is 0.000000186. The molecule has 0 spiro atoms. The fourth-order valence-corrected chi connectivity index (χ4v) is 2.73. The van der Waals surface area contributed by atoms with Crippen LogP contribution >= 0.6 is 11.5 Å². The number of nitrogens with zero attached hydrogens (tertiary/aromatic N) is 1. The van der Waals surface area contributed by atoms with Crippen LogP contribution in [0.4, 0.5) is 5.00 Å². The molecule has 4 rings (SSSR count). The van der Waals surface area contributed by atoms with E-state index < -0.39 is 0 Å². The number of nitrogens with two attached hydrogens (primary N) is 1. The maximum atomic E-state index is 12.1. The fraction of sp³-hybridized carbons (Fsp3) is 0.0588. The highest BCUT2D eigenvalue weighted by atomic mass is 32.1. The predicted octanol–water partition coefficient (Wildman–Crippen LogP) is 3.55. The topological polar surface area (TPSA) is 56.0 Å². The van der Waals surface area contributed by atoms with Crippen LogP contribution in [0.1, 0.15) is 27.0 Å². The van der Waals surface area contributed by atoms with Gasteiger partial charge in [-0.25, -0.2) is 0 Å². The van der Waals surface area contributed by atoms with Crippen LogP contribution in [0.5, 0.6) is 0 Å². The number of fused-ring (bicyclic) bond motifs is 2. The highest BCUT2D eigenvalue weighted by Crippen LogP contribution is 2.26. The largest absolute Gasteiger partial charge is 0.389 e. The SMILES string of the molecule is Nc1ccns1.O=C1c2ccccc2Cc2ccccc21. The molecule has 3 nitrogen and oxygen atoms in total. The van der Waals surface area contributed by atoms with Crippen molar-refractivity contribution in [1.82, 2.24) is 4.37 Å². The van der Waals surface area contributed by atoms with E-state index in [1.807, 2.05) is 48.5 Å². The lowest BCUT2D eigenvalue weighted by molar-refractivity contribution is 0.103. The molecule has 4 heteroatoms. The molecule has 3 aromatic rings. The van der Waals surface area contributed by atoms with Crippen LogP contribution < -0.4 is 5.73 Å². The molecular weight excluding hydrogens is 280 g/mol. The summed E-state index contributed by atoms with van der Waals surface area (Å²) in [5.74, 6) is 0.160. The average Bonchev–Trinajstić information content (AvgIpc) is 2.99. The van der Waals surface area contributed by atoms with E-state index >= 15 is 0 Å². The molecule has 0 atom stereocenters. The monoisotopic (exact) mass is 294 g/mol. The Labute approximate surface area is 127 Å². The van der Waals surface area contributed by atoms with Crippen LogP contribution in [-0.4, -0.2) is 10.2 Å². The highest BCUT2D eigenvalue weighted by molar-refractivity contribution is 7.09. The lowest BCUT2D eigenvalue weighted by Gasteiger charge is -2.17. The van der Waals surface area contributed by atoms with Crippen molar-refractivity contribution in [2.45, 2.75) is 6.42 Å². The van der Waals surface area contributed by atoms with Gasteiger partial charge in [0.05, 0.1) is 0 Å². The summed E-state index contributed by atoms with van der Waals surface area (Å²) >= 11 is 1.31. The molecule has 0 bridgehead atoms. The van der Waals surface area contributed by atoms with Gasteiger partial charge in [0.15, 0.2) is 5.78 Å². The summed E-state index contributed by atoms with van der Waals surface area (Å²) in [5, 5.41) is 0.773. The van der Waals surface area contributed by atoms with Gasteiger partial charge in [-0.05, 0) is 35.1 Å². The van der Waals surface area contributed by atoms with E-state index in [4.69, 9.17) is 5.73 Å². The second-order valence-electron chi connectivity index (χ2n) is 4.73. The Bertz CT molecular complexity index is 718. The maximum Gasteiger partial charge on any atom is 0.193 e. The van der Waals surface area contributed by atoms with Crippen molar-refractivity contribution in [2.24, 2.45) is 0 Å². The minimum Gasteiger partial charge on any atom is -0.389 e. The first kappa shape index (κ1) is 13.5. The van der Waals surface area contributed by atoms with E-state index in [9.17, 15) is 4.79 Å². The maximum absolute atomic E-state index is 12.1. The third kappa shape index (κ3) is 2.85. The Morgan fingerprint density at radius 1 is 0.905 bits per heavy atom. The molecule has 0 saturated carbocycles. The van der Waals surface area contributed by atoms with Gasteiger partial charge >= 0.3 is 0 Å². The number of carbonyl (C=O) groups excluding carboxylic acids is 1. The normalized spacial score (nSPS) is 11.9. The standard InChI is InChI=1S/C14H10O.C3H4N2S/c15-14-12-7-3-1-5-10(12)9-11-6-2-4-8-13(11)14;4-3-1-2-5-6-3/h1-8H,9H2;1-2H,4H2. The number of aromatic nitrogens is 1. The van der Waals surface area contributed by atoms with E-state index in [2.05, 4.69) is 4.37 Å². The molecule has 0 unspecified atom stereocenters. The fourth-order valence-electron chi connectivity index (χ4n) is 2.37. The van der Waals surface area contributed by atoms with Gasteiger partial charge in [-0.2, -0.15) is 4.37 Å². The first-order valence-electron chi connectivity index (χ1n) is 6.62. The van der Waals surface area contributed by atoms with Gasteiger partial charge in [0.2, 0.25) is 0 Å². The highest BCUT2D eigenvalue weighted by Gasteiger charge is 2.21. The van der Waals surface area contributed by atoms with Crippen LogP contribution in [0.3, 0.4) is 0 Å². The Morgan fingerprint density at radius 2 is 1.48 bits per heavy atom. The van der Waals surface area contributed by atoms with Gasteiger partial charge in [-0.15, -0.1) is 0 Å². The number of anilines is 1. The molecule has 1 heterocycles. The Morgan fingerprint density at radius 3 is 1.90 bits per heavy atom. The molecule has 0 radical (unpaired) electrons. The summed E-state index contributed by atoms with van der Waals surface area (Å²) in [6.45, 7) is 0. The third-order valence-corrected chi connectivity index (χ3v) is 3.94. The Kier molecular flexibility index (Phi) is 3.79. The van der Waals surface area contributed by atoms with Crippen molar-refractivity contribution in [3.05, 3.63) is 83.0 Å². The molecule has 0 aliphatic heterocycles. The average molecular weight is 294 g/mol. The number of nitrogen functional groups attached to an aromatic ring is 1. The van der Waals surface area contributed by atoms with E-state index in [0.29, 0.717) is 0 Å². The zero-order valence-corrected chi connectivity index (χ0v) is 12.1. The zero-order chi connectivity index (χ0) is 14.7. The number of rotatable bonds is 0. The number of hydrogen-bond acceptors (Lipinski definition) is 4. The molecule has 2 aromatic carbocycles. The Hall–Kier alpha value is -2.46. The van der Waals surface area contributed by atoms with Gasteiger partial charge in [-0.1, -0.05) is 48.5 Å². The predicted molar refractivity (Wildman–Crippen MR) is 85.6 cm³/mol. The van der Waals surface area contributed by atoms with Gasteiger partial charge in [0.25, 0.3) is 0 Å². The van der Waals surface area contributed by atoms with Crippen LogP contribution in [0.2, 0.25) is 0 Å². The molecule has 1 aliphatic rings. The van der Waals surface area contributed by atoms with Gasteiger partial charge in [-0.3, -0.25) is 4.79 Å². The summed E-state index contributed by atoms with van der Waals surface area (Å²) in [7, 11) is 0. The number of carbonyl (C=O) groups is 1. The first-order valence-corrected chi connectivity index (χ1v) is 7.39. The van der Waals surface area contributed by atoms with Crippen molar-refractivity contribution in [1.29, 1.82) is 0 Å². The third-order valence-electron chi connectivity index (χ3n) is 3.36. The van der Waals surface area contributed by atoms with E-state index in [1.54, 1.807) is 12.3 Å². The summed E-state index contributed by atoms with van der Waals surface area (Å²) in [6, 6.07) is 17.5. The number of ketones is 1. The molecule has 21 heavy (non-hydrogen) atoms. The van der Waals surface area contributed by atoms with Crippen LogP contribution in [-0.2, 0) is 6.42 Å². The summed E-state index contributed by atoms with van der Waals surface area (Å²) in [5.41, 5.74) is 9.23. The molecule has 1 aliphatic carbocycles. The van der Waals surface area contributed by atoms with Crippen molar-refractivity contribution in [3.63, 3.8) is 0 Å². The van der Waals surface area contributed by atoms with E-state index in [0.717, 1.165) is 33.7 Å². The molecule has 0 saturated heterocycles. The molecule has 2 N–H and O–H groups in total. The van der Waals surface area contributed by atoms with Crippen LogP contribution in [0, 0.1) is 0 Å². The zero-order valence-electron chi connectivity index (χ0n) is 11.3. The second-order valence-corrected chi connectivity index (χ2v) is 5.60. The second kappa shape index (κ2) is 5.89. The lowest BCUT2D eigenvalue weighted by atomic mass is 9.85. The van der Waals surface area contributed by atoms with Gasteiger partial charge in [0, 0.05) is 17.3 Å². The first-order chi connectivity index (χ1) is 10.3. The van der Waals surface area contributed by atoms with E-state index in [-0.39, 0.29) is 5.78 Å². The van der Waals surface area contributed by atoms with Crippen LogP contribution in [0.15, 0.2) is 60.8 Å². The summed E-state index contributed by atoms with van der Waals surface area (Å²) in [6.07, 6.45) is 2.55. The summed E-state index contributed by atoms with van der Waals surface area (Å²) in [4.78, 5) is 12.1. The quantitative estimate of drug-likeness (QED) is 0.539. The summed E-state index contributed by atoms with van der Waals surface area (Å²) < 4.78 is 3.74. The minimum absolute atomic E-state index is 0.160.